The van der Waals surface area contributed by atoms with Crippen LogP contribution in [-0.4, -0.2) is 75.6 Å². The molecule has 1 aromatic carbocycles. The van der Waals surface area contributed by atoms with Gasteiger partial charge in [-0.2, -0.15) is 0 Å². The van der Waals surface area contributed by atoms with Crippen LogP contribution >= 0.6 is 0 Å². The lowest BCUT2D eigenvalue weighted by Gasteiger charge is -2.35. The highest BCUT2D eigenvalue weighted by Gasteiger charge is 2.32. The smallest absolute Gasteiger partial charge is 0.191 e. The summed E-state index contributed by atoms with van der Waals surface area (Å²) >= 11 is 0. The predicted octanol–water partition coefficient (Wildman–Crippen LogP) is 2.33. The number of benzene rings is 1. The first-order valence-electron chi connectivity index (χ1n) is 11.9. The normalized spacial score (nSPS) is 26.6. The van der Waals surface area contributed by atoms with Crippen LogP contribution in [0, 0.1) is 12.8 Å². The molecule has 3 unspecified atom stereocenters. The van der Waals surface area contributed by atoms with Crippen molar-refractivity contribution in [3.05, 3.63) is 29.3 Å². The fourth-order valence-electron chi connectivity index (χ4n) is 4.57. The van der Waals surface area contributed by atoms with E-state index in [9.17, 15) is 0 Å². The lowest BCUT2D eigenvalue weighted by atomic mass is 10.1. The molecule has 0 aliphatic carbocycles. The first kappa shape index (κ1) is 22.4. The summed E-state index contributed by atoms with van der Waals surface area (Å²) in [5.41, 5.74) is 2.31. The minimum atomic E-state index is 0.213. The Morgan fingerprint density at radius 1 is 1.26 bits per heavy atom. The summed E-state index contributed by atoms with van der Waals surface area (Å²) in [6.45, 7) is 11.8. The number of rotatable bonds is 8. The van der Waals surface area contributed by atoms with Crippen molar-refractivity contribution in [2.24, 2.45) is 10.9 Å². The maximum Gasteiger partial charge on any atom is 0.191 e. The number of nitrogens with one attached hydrogen (secondary N) is 2. The second kappa shape index (κ2) is 11.2. The minimum absolute atomic E-state index is 0.213. The lowest BCUT2D eigenvalue weighted by molar-refractivity contribution is -0.0453. The van der Waals surface area contributed by atoms with Crippen molar-refractivity contribution in [1.29, 1.82) is 0 Å². The van der Waals surface area contributed by atoms with E-state index in [1.54, 1.807) is 0 Å². The summed E-state index contributed by atoms with van der Waals surface area (Å²) in [6.07, 6.45) is 3.87. The van der Waals surface area contributed by atoms with E-state index < -0.39 is 0 Å². The van der Waals surface area contributed by atoms with Gasteiger partial charge >= 0.3 is 0 Å². The topological polar surface area (TPSA) is 67.4 Å². The zero-order valence-corrected chi connectivity index (χ0v) is 19.1. The van der Waals surface area contributed by atoms with E-state index in [4.69, 9.17) is 19.2 Å². The molecule has 3 aliphatic heterocycles. The van der Waals surface area contributed by atoms with Crippen LogP contribution in [-0.2, 0) is 16.0 Å². The van der Waals surface area contributed by atoms with E-state index in [0.717, 1.165) is 63.1 Å². The number of morpholine rings is 1. The van der Waals surface area contributed by atoms with E-state index in [-0.39, 0.29) is 6.10 Å². The molecule has 0 aromatic heterocycles. The first-order valence-corrected chi connectivity index (χ1v) is 11.9. The Morgan fingerprint density at radius 2 is 2.19 bits per heavy atom. The molecule has 0 saturated carbocycles. The van der Waals surface area contributed by atoms with Gasteiger partial charge in [0.25, 0.3) is 0 Å². The van der Waals surface area contributed by atoms with Crippen molar-refractivity contribution >= 4 is 5.96 Å². The molecule has 1 aromatic rings. The quantitative estimate of drug-likeness (QED) is 0.487. The van der Waals surface area contributed by atoms with Crippen molar-refractivity contribution < 1.29 is 14.2 Å². The van der Waals surface area contributed by atoms with Crippen LogP contribution in [0.25, 0.3) is 0 Å². The zero-order valence-electron chi connectivity index (χ0n) is 19.1. The highest BCUT2D eigenvalue weighted by atomic mass is 16.5. The average molecular weight is 431 g/mol. The van der Waals surface area contributed by atoms with Gasteiger partial charge in [0.15, 0.2) is 5.96 Å². The predicted molar refractivity (Wildman–Crippen MR) is 123 cm³/mol. The van der Waals surface area contributed by atoms with Crippen molar-refractivity contribution in [1.82, 2.24) is 15.5 Å². The standard InChI is InChI=1S/C24H38N4O3/c1-3-25-24(27-13-22-14-28-9-4-5-21(28)17-30-22)26-12-20-7-6-18(2)11-23(20)31-16-19-8-10-29-15-19/h6-7,11,19,21-22H,3-5,8-10,12-17H2,1-2H3,(H2,25,26,27). The Morgan fingerprint density at radius 3 is 3.03 bits per heavy atom. The van der Waals surface area contributed by atoms with Crippen LogP contribution in [0.1, 0.15) is 37.3 Å². The highest BCUT2D eigenvalue weighted by molar-refractivity contribution is 5.79. The van der Waals surface area contributed by atoms with Gasteiger partial charge in [-0.3, -0.25) is 4.90 Å². The van der Waals surface area contributed by atoms with Gasteiger partial charge in [-0.25, -0.2) is 4.99 Å². The summed E-state index contributed by atoms with van der Waals surface area (Å²) in [4.78, 5) is 7.40. The third kappa shape index (κ3) is 6.34. The number of fused-ring (bicyclic) bond motifs is 1. The van der Waals surface area contributed by atoms with Crippen molar-refractivity contribution in [2.75, 3.05) is 52.6 Å². The van der Waals surface area contributed by atoms with Gasteiger partial charge in [-0.1, -0.05) is 12.1 Å². The van der Waals surface area contributed by atoms with Crippen molar-refractivity contribution in [3.63, 3.8) is 0 Å². The number of nitrogens with zero attached hydrogens (tertiary/aromatic N) is 2. The van der Waals surface area contributed by atoms with Crippen LogP contribution in [0.15, 0.2) is 23.2 Å². The van der Waals surface area contributed by atoms with Gasteiger partial charge in [0, 0.05) is 43.8 Å². The van der Waals surface area contributed by atoms with Crippen LogP contribution < -0.4 is 15.4 Å². The number of aliphatic imine (C=N–C) groups is 1. The molecule has 31 heavy (non-hydrogen) atoms. The second-order valence-corrected chi connectivity index (χ2v) is 8.97. The van der Waals surface area contributed by atoms with Gasteiger partial charge in [-0.05, 0) is 51.3 Å². The fourth-order valence-corrected chi connectivity index (χ4v) is 4.57. The van der Waals surface area contributed by atoms with Gasteiger partial charge in [0.1, 0.15) is 5.75 Å². The molecule has 4 rings (SSSR count). The SMILES string of the molecule is CCNC(=NCc1ccc(C)cc1OCC1CCOC1)NCC1CN2CCCC2CO1. The Hall–Kier alpha value is -1.83. The Kier molecular flexibility index (Phi) is 8.05. The molecular formula is C24H38N4O3. The maximum absolute atomic E-state index is 6.17. The van der Waals surface area contributed by atoms with Gasteiger partial charge in [0.05, 0.1) is 32.5 Å². The summed E-state index contributed by atoms with van der Waals surface area (Å²) < 4.78 is 17.7. The van der Waals surface area contributed by atoms with Gasteiger partial charge in [-0.15, -0.1) is 0 Å². The molecule has 0 spiro atoms. The Balaban J connectivity index is 1.33. The first-order chi connectivity index (χ1) is 15.2. The lowest BCUT2D eigenvalue weighted by Crippen LogP contribution is -2.51. The number of hydrogen-bond donors (Lipinski definition) is 2. The summed E-state index contributed by atoms with van der Waals surface area (Å²) in [5, 5.41) is 6.84. The highest BCUT2D eigenvalue weighted by Crippen LogP contribution is 2.24. The third-order valence-electron chi connectivity index (χ3n) is 6.43. The molecular weight excluding hydrogens is 392 g/mol. The van der Waals surface area contributed by atoms with E-state index in [1.807, 2.05) is 0 Å². The molecule has 2 N–H and O–H groups in total. The Labute approximate surface area is 186 Å². The third-order valence-corrected chi connectivity index (χ3v) is 6.43. The molecule has 3 heterocycles. The molecule has 3 aliphatic rings. The summed E-state index contributed by atoms with van der Waals surface area (Å²) in [5.74, 6) is 2.24. The number of aryl methyl sites for hydroxylation is 1. The monoisotopic (exact) mass is 430 g/mol. The fraction of sp³-hybridized carbons (Fsp3) is 0.708. The molecule has 3 fully saturated rings. The van der Waals surface area contributed by atoms with E-state index in [2.05, 4.69) is 47.6 Å². The number of hydrogen-bond acceptors (Lipinski definition) is 5. The van der Waals surface area contributed by atoms with E-state index in [0.29, 0.717) is 25.1 Å². The van der Waals surface area contributed by atoms with Crippen LogP contribution in [0.4, 0.5) is 0 Å². The zero-order chi connectivity index (χ0) is 21.5. The van der Waals surface area contributed by atoms with Crippen LogP contribution in [0.3, 0.4) is 0 Å². The number of ether oxygens (including phenoxy) is 3. The van der Waals surface area contributed by atoms with E-state index >= 15 is 0 Å². The average Bonchev–Trinajstić information content (AvgIpc) is 3.46. The summed E-state index contributed by atoms with van der Waals surface area (Å²) in [6, 6.07) is 7.00. The maximum atomic E-state index is 6.17. The van der Waals surface area contributed by atoms with Gasteiger partial charge < -0.3 is 24.8 Å². The molecule has 0 radical (unpaired) electrons. The van der Waals surface area contributed by atoms with Crippen molar-refractivity contribution in [2.45, 2.75) is 51.8 Å². The van der Waals surface area contributed by atoms with Crippen LogP contribution in [0.2, 0.25) is 0 Å². The van der Waals surface area contributed by atoms with Crippen molar-refractivity contribution in [3.8, 4) is 5.75 Å². The van der Waals surface area contributed by atoms with E-state index in [1.165, 1.54) is 24.9 Å². The Bertz CT molecular complexity index is 736. The molecule has 0 amide bonds. The van der Waals surface area contributed by atoms with Gasteiger partial charge in [0.2, 0.25) is 0 Å². The van der Waals surface area contributed by atoms with Crippen LogP contribution in [0.5, 0.6) is 5.75 Å². The molecule has 3 saturated heterocycles. The number of guanidine groups is 1. The second-order valence-electron chi connectivity index (χ2n) is 8.97. The largest absolute Gasteiger partial charge is 0.493 e. The molecule has 7 nitrogen and oxygen atoms in total. The molecule has 7 heteroatoms. The molecule has 3 atom stereocenters. The molecule has 172 valence electrons. The minimum Gasteiger partial charge on any atom is -0.493 e. The molecule has 0 bridgehead atoms. The summed E-state index contributed by atoms with van der Waals surface area (Å²) in [7, 11) is 0.